The van der Waals surface area contributed by atoms with E-state index in [1.165, 1.54) is 11.8 Å². The predicted molar refractivity (Wildman–Crippen MR) is 53.2 cm³/mol. The van der Waals surface area contributed by atoms with E-state index in [1.54, 1.807) is 24.4 Å². The molecule has 5 heteroatoms. The second kappa shape index (κ2) is 3.05. The van der Waals surface area contributed by atoms with E-state index in [0.717, 1.165) is 0 Å². The molecular formula is C10H10N2O3. The molecule has 2 heterocycles. The Labute approximate surface area is 86.4 Å². The van der Waals surface area contributed by atoms with Crippen molar-refractivity contribution in [2.75, 3.05) is 0 Å². The lowest BCUT2D eigenvalue weighted by atomic mass is 9.95. The molecule has 0 unspecified atom stereocenters. The molecule has 78 valence electrons. The van der Waals surface area contributed by atoms with Crippen molar-refractivity contribution in [2.45, 2.75) is 18.9 Å². The number of carbonyl (C=O) groups is 2. The van der Waals surface area contributed by atoms with Gasteiger partial charge in [0, 0.05) is 6.20 Å². The molecule has 1 atom stereocenters. The van der Waals surface area contributed by atoms with Crippen molar-refractivity contribution < 1.29 is 14.7 Å². The van der Waals surface area contributed by atoms with Gasteiger partial charge < -0.3 is 5.11 Å². The topological polar surface area (TPSA) is 70.0 Å². The highest BCUT2D eigenvalue weighted by molar-refractivity contribution is 6.10. The molecule has 0 saturated carbocycles. The Bertz CT molecular complexity index is 422. The first-order valence-electron chi connectivity index (χ1n) is 4.53. The summed E-state index contributed by atoms with van der Waals surface area (Å²) < 4.78 is 0. The summed E-state index contributed by atoms with van der Waals surface area (Å²) in [5, 5.41) is 8.99. The fraction of sp³-hybridized carbons (Fsp3) is 0.300. The Morgan fingerprint density at radius 2 is 2.33 bits per heavy atom. The number of rotatable bonds is 1. The first kappa shape index (κ1) is 9.64. The first-order chi connectivity index (χ1) is 7.03. The molecule has 0 aromatic heterocycles. The quantitative estimate of drug-likeness (QED) is 0.680. The number of amidine groups is 1. The smallest absolute Gasteiger partial charge is 0.331 e. The van der Waals surface area contributed by atoms with Crippen LogP contribution in [0.4, 0.5) is 0 Å². The van der Waals surface area contributed by atoms with Crippen LogP contribution >= 0.6 is 0 Å². The second-order valence-electron chi connectivity index (χ2n) is 3.69. The van der Waals surface area contributed by atoms with Gasteiger partial charge in [0.1, 0.15) is 5.84 Å². The van der Waals surface area contributed by atoms with Crippen LogP contribution in [-0.2, 0) is 9.59 Å². The summed E-state index contributed by atoms with van der Waals surface area (Å²) in [4.78, 5) is 28.1. The number of carboxylic acid groups (broad SMARTS) is 1. The molecule has 0 radical (unpaired) electrons. The molecule has 0 spiro atoms. The lowest BCUT2D eigenvalue weighted by Crippen LogP contribution is -2.48. The van der Waals surface area contributed by atoms with Crippen molar-refractivity contribution in [2.24, 2.45) is 4.99 Å². The highest BCUT2D eigenvalue weighted by Crippen LogP contribution is 2.25. The van der Waals surface area contributed by atoms with Crippen LogP contribution < -0.4 is 0 Å². The fourth-order valence-electron chi connectivity index (χ4n) is 1.53. The monoisotopic (exact) mass is 206 g/mol. The number of carbonyl (C=O) groups excluding carboxylic acids is 1. The van der Waals surface area contributed by atoms with Gasteiger partial charge in [-0.2, -0.15) is 0 Å². The lowest BCUT2D eigenvalue weighted by Gasteiger charge is -2.32. The maximum absolute atomic E-state index is 11.6. The van der Waals surface area contributed by atoms with Crippen molar-refractivity contribution in [3.05, 3.63) is 24.4 Å². The van der Waals surface area contributed by atoms with Gasteiger partial charge in [-0.15, -0.1) is 0 Å². The molecule has 5 nitrogen and oxygen atoms in total. The number of aliphatic imine (C=N–C) groups is 1. The molecule has 2 rings (SSSR count). The summed E-state index contributed by atoms with van der Waals surface area (Å²) >= 11 is 0. The summed E-state index contributed by atoms with van der Waals surface area (Å²) in [7, 11) is 0. The zero-order chi connectivity index (χ0) is 11.1. The molecule has 15 heavy (non-hydrogen) atoms. The third kappa shape index (κ3) is 1.45. The Morgan fingerprint density at radius 3 is 3.00 bits per heavy atom. The largest absolute Gasteiger partial charge is 0.479 e. The Balaban J connectivity index is 2.45. The fourth-order valence-corrected chi connectivity index (χ4v) is 1.53. The number of aliphatic carboxylic acids is 1. The van der Waals surface area contributed by atoms with Gasteiger partial charge in [-0.3, -0.25) is 9.69 Å². The van der Waals surface area contributed by atoms with Crippen molar-refractivity contribution in [3.63, 3.8) is 0 Å². The third-order valence-electron chi connectivity index (χ3n) is 2.42. The van der Waals surface area contributed by atoms with Crippen molar-refractivity contribution in [3.8, 4) is 0 Å². The normalized spacial score (nSPS) is 28.7. The third-order valence-corrected chi connectivity index (χ3v) is 2.42. The van der Waals surface area contributed by atoms with Crippen molar-refractivity contribution in [1.29, 1.82) is 0 Å². The van der Waals surface area contributed by atoms with Crippen LogP contribution in [0.15, 0.2) is 29.4 Å². The number of nitrogens with zero attached hydrogens (tertiary/aromatic N) is 2. The molecular weight excluding hydrogens is 196 g/mol. The minimum Gasteiger partial charge on any atom is -0.479 e. The summed E-state index contributed by atoms with van der Waals surface area (Å²) in [5.74, 6) is -0.935. The van der Waals surface area contributed by atoms with E-state index in [9.17, 15) is 9.59 Å². The van der Waals surface area contributed by atoms with Crippen LogP contribution in [0.1, 0.15) is 13.3 Å². The highest BCUT2D eigenvalue weighted by Gasteiger charge is 2.41. The average Bonchev–Trinajstić information content (AvgIpc) is 2.17. The maximum Gasteiger partial charge on any atom is 0.331 e. The maximum atomic E-state index is 11.6. The van der Waals surface area contributed by atoms with Gasteiger partial charge in [-0.1, -0.05) is 6.08 Å². The van der Waals surface area contributed by atoms with Gasteiger partial charge >= 0.3 is 5.97 Å². The highest BCUT2D eigenvalue weighted by atomic mass is 16.4. The molecule has 0 aliphatic carbocycles. The van der Waals surface area contributed by atoms with Gasteiger partial charge in [0.2, 0.25) is 5.91 Å². The number of carboxylic acids is 1. The molecule has 0 fully saturated rings. The van der Waals surface area contributed by atoms with Gasteiger partial charge in [0.05, 0.1) is 6.42 Å². The average molecular weight is 206 g/mol. The van der Waals surface area contributed by atoms with E-state index in [2.05, 4.69) is 4.99 Å². The second-order valence-corrected chi connectivity index (χ2v) is 3.69. The summed E-state index contributed by atoms with van der Waals surface area (Å²) in [6.07, 6.45) is 6.53. The summed E-state index contributed by atoms with van der Waals surface area (Å²) in [5.41, 5.74) is -1.33. The van der Waals surface area contributed by atoms with Crippen LogP contribution in [-0.4, -0.2) is 33.3 Å². The van der Waals surface area contributed by atoms with E-state index in [-0.39, 0.29) is 12.3 Å². The Kier molecular flexibility index (Phi) is 1.96. The van der Waals surface area contributed by atoms with Crippen LogP contribution in [0, 0.1) is 0 Å². The SMILES string of the molecule is C[C@]1(C(=O)O)CC(=O)N2C=CC=CC2=N1. The van der Waals surface area contributed by atoms with E-state index < -0.39 is 11.5 Å². The van der Waals surface area contributed by atoms with Crippen molar-refractivity contribution in [1.82, 2.24) is 4.90 Å². The number of amides is 1. The lowest BCUT2D eigenvalue weighted by molar-refractivity contribution is -0.146. The van der Waals surface area contributed by atoms with E-state index in [1.807, 2.05) is 0 Å². The molecule has 0 bridgehead atoms. The van der Waals surface area contributed by atoms with Gasteiger partial charge in [0.25, 0.3) is 0 Å². The Morgan fingerprint density at radius 1 is 1.60 bits per heavy atom. The van der Waals surface area contributed by atoms with Crippen LogP contribution in [0.3, 0.4) is 0 Å². The summed E-state index contributed by atoms with van der Waals surface area (Å²) in [6.45, 7) is 1.45. The molecule has 0 saturated heterocycles. The number of fused-ring (bicyclic) bond motifs is 1. The zero-order valence-electron chi connectivity index (χ0n) is 8.17. The molecule has 1 amide bonds. The predicted octanol–water partition coefficient (Wildman–Crippen LogP) is 0.544. The standard InChI is InChI=1S/C10H10N2O3/c1-10(9(14)15)6-8(13)12-5-3-2-4-7(12)11-10/h2-5H,6H2,1H3,(H,14,15)/t10-/m1/s1. The molecule has 1 N–H and O–H groups in total. The van der Waals surface area contributed by atoms with E-state index >= 15 is 0 Å². The zero-order valence-corrected chi connectivity index (χ0v) is 8.17. The summed E-state index contributed by atoms with van der Waals surface area (Å²) in [6, 6.07) is 0. The van der Waals surface area contributed by atoms with Gasteiger partial charge in [-0.05, 0) is 19.1 Å². The number of allylic oxidation sites excluding steroid dienone is 2. The number of hydrogen-bond acceptors (Lipinski definition) is 3. The molecule has 0 aromatic rings. The molecule has 2 aliphatic heterocycles. The molecule has 0 aromatic carbocycles. The molecule has 2 aliphatic rings. The van der Waals surface area contributed by atoms with Crippen molar-refractivity contribution >= 4 is 17.7 Å². The first-order valence-corrected chi connectivity index (χ1v) is 4.53. The van der Waals surface area contributed by atoms with E-state index in [4.69, 9.17) is 5.11 Å². The minimum atomic E-state index is -1.33. The Hall–Kier alpha value is -1.91. The van der Waals surface area contributed by atoms with Gasteiger partial charge in [0.15, 0.2) is 5.54 Å². The number of hydrogen-bond donors (Lipinski definition) is 1. The van der Waals surface area contributed by atoms with Gasteiger partial charge in [-0.25, -0.2) is 9.79 Å². The van der Waals surface area contributed by atoms with E-state index in [0.29, 0.717) is 5.84 Å². The van der Waals surface area contributed by atoms with Crippen LogP contribution in [0.2, 0.25) is 0 Å². The van der Waals surface area contributed by atoms with Crippen LogP contribution in [0.25, 0.3) is 0 Å². The van der Waals surface area contributed by atoms with Crippen LogP contribution in [0.5, 0.6) is 0 Å². The minimum absolute atomic E-state index is 0.107.